The first-order valence-electron chi connectivity index (χ1n) is 9.84. The maximum absolute atomic E-state index is 12.1. The van der Waals surface area contributed by atoms with E-state index in [1.165, 1.54) is 6.08 Å². The van der Waals surface area contributed by atoms with Crippen molar-refractivity contribution in [2.75, 3.05) is 13.7 Å². The number of carbonyl (C=O) groups excluding carboxylic acids is 2. The number of ether oxygens (including phenoxy) is 2. The minimum absolute atomic E-state index is 0.208. The van der Waals surface area contributed by atoms with Gasteiger partial charge in [-0.05, 0) is 51.0 Å². The Balaban J connectivity index is 1.98. The zero-order valence-corrected chi connectivity index (χ0v) is 18.1. The fourth-order valence-corrected chi connectivity index (χ4v) is 2.67. The largest absolute Gasteiger partial charge is 0.493 e. The van der Waals surface area contributed by atoms with E-state index < -0.39 is 6.04 Å². The van der Waals surface area contributed by atoms with Crippen molar-refractivity contribution in [3.8, 4) is 11.5 Å². The Hall–Kier alpha value is -3.29. The number of nitrogens with one attached hydrogen (secondary N) is 2. The number of rotatable bonds is 10. The molecule has 2 amide bonds. The molecule has 2 rings (SSSR count). The predicted molar refractivity (Wildman–Crippen MR) is 113 cm³/mol. The summed E-state index contributed by atoms with van der Waals surface area (Å²) in [6.07, 6.45) is 3.86. The van der Waals surface area contributed by atoms with Crippen molar-refractivity contribution in [1.29, 1.82) is 0 Å². The van der Waals surface area contributed by atoms with Crippen molar-refractivity contribution in [3.05, 3.63) is 46.9 Å². The number of carbonyl (C=O) groups is 2. The van der Waals surface area contributed by atoms with Crippen LogP contribution in [0.2, 0.25) is 0 Å². The standard InChI is InChI=1S/C22H29N3O5/c1-6-11-23-22(27)15(3)24-21(26)10-8-17-7-9-19(20(12-17)28-5)29-13-18-14(2)25-30-16(18)4/h7-10,12,15H,6,11,13H2,1-5H3,(H,23,27)(H,24,26)/b10-8+. The number of benzene rings is 1. The first-order chi connectivity index (χ1) is 14.3. The van der Waals surface area contributed by atoms with Gasteiger partial charge in [0.1, 0.15) is 18.4 Å². The summed E-state index contributed by atoms with van der Waals surface area (Å²) in [6.45, 7) is 8.20. The van der Waals surface area contributed by atoms with Crippen molar-refractivity contribution in [3.63, 3.8) is 0 Å². The Kier molecular flexibility index (Phi) is 8.46. The van der Waals surface area contributed by atoms with Crippen LogP contribution >= 0.6 is 0 Å². The predicted octanol–water partition coefficient (Wildman–Crippen LogP) is 2.92. The van der Waals surface area contributed by atoms with Gasteiger partial charge in [-0.1, -0.05) is 18.1 Å². The summed E-state index contributed by atoms with van der Waals surface area (Å²) in [5, 5.41) is 9.29. The van der Waals surface area contributed by atoms with Gasteiger partial charge in [-0.15, -0.1) is 0 Å². The van der Waals surface area contributed by atoms with E-state index in [4.69, 9.17) is 14.0 Å². The zero-order chi connectivity index (χ0) is 22.1. The van der Waals surface area contributed by atoms with E-state index in [1.54, 1.807) is 32.2 Å². The summed E-state index contributed by atoms with van der Waals surface area (Å²) in [5.41, 5.74) is 2.44. The number of nitrogens with zero attached hydrogens (tertiary/aromatic N) is 1. The molecule has 0 radical (unpaired) electrons. The van der Waals surface area contributed by atoms with E-state index >= 15 is 0 Å². The number of amides is 2. The highest BCUT2D eigenvalue weighted by molar-refractivity contribution is 5.95. The quantitative estimate of drug-likeness (QED) is 0.579. The molecule has 2 N–H and O–H groups in total. The fourth-order valence-electron chi connectivity index (χ4n) is 2.67. The van der Waals surface area contributed by atoms with Gasteiger partial charge in [-0.3, -0.25) is 9.59 Å². The molecular formula is C22H29N3O5. The molecule has 0 fully saturated rings. The van der Waals surface area contributed by atoms with Crippen molar-refractivity contribution in [2.45, 2.75) is 46.8 Å². The van der Waals surface area contributed by atoms with Crippen LogP contribution in [0.3, 0.4) is 0 Å². The molecule has 0 bridgehead atoms. The van der Waals surface area contributed by atoms with E-state index in [0.29, 0.717) is 24.7 Å². The van der Waals surface area contributed by atoms with Crippen LogP contribution in [0.15, 0.2) is 28.8 Å². The molecule has 1 atom stereocenters. The minimum atomic E-state index is -0.608. The Bertz CT molecular complexity index is 885. The number of aromatic nitrogens is 1. The molecule has 8 heteroatoms. The van der Waals surface area contributed by atoms with Gasteiger partial charge < -0.3 is 24.6 Å². The second-order valence-corrected chi connectivity index (χ2v) is 6.86. The molecule has 1 unspecified atom stereocenters. The maximum Gasteiger partial charge on any atom is 0.244 e. The number of hydrogen-bond donors (Lipinski definition) is 2. The van der Waals surface area contributed by atoms with Crippen molar-refractivity contribution in [2.24, 2.45) is 0 Å². The summed E-state index contributed by atoms with van der Waals surface area (Å²) >= 11 is 0. The van der Waals surface area contributed by atoms with E-state index in [9.17, 15) is 9.59 Å². The van der Waals surface area contributed by atoms with Gasteiger partial charge in [-0.25, -0.2) is 0 Å². The van der Waals surface area contributed by atoms with Crippen LogP contribution < -0.4 is 20.1 Å². The molecule has 0 aliphatic carbocycles. The number of hydrogen-bond acceptors (Lipinski definition) is 6. The summed E-state index contributed by atoms with van der Waals surface area (Å²) in [6, 6.07) is 4.74. The second kappa shape index (κ2) is 11.0. The van der Waals surface area contributed by atoms with Crippen molar-refractivity contribution < 1.29 is 23.6 Å². The van der Waals surface area contributed by atoms with Gasteiger partial charge in [-0.2, -0.15) is 0 Å². The summed E-state index contributed by atoms with van der Waals surface area (Å²) in [7, 11) is 1.55. The Morgan fingerprint density at radius 2 is 2.03 bits per heavy atom. The van der Waals surface area contributed by atoms with Gasteiger partial charge in [0.25, 0.3) is 0 Å². The van der Waals surface area contributed by atoms with Crippen LogP contribution in [-0.4, -0.2) is 36.7 Å². The highest BCUT2D eigenvalue weighted by atomic mass is 16.5. The average molecular weight is 415 g/mol. The third-order valence-corrected chi connectivity index (χ3v) is 4.47. The fraction of sp³-hybridized carbons (Fsp3) is 0.409. The van der Waals surface area contributed by atoms with Gasteiger partial charge in [0.05, 0.1) is 18.4 Å². The Morgan fingerprint density at radius 3 is 2.67 bits per heavy atom. The van der Waals surface area contributed by atoms with E-state index in [1.807, 2.05) is 26.8 Å². The van der Waals surface area contributed by atoms with E-state index in [-0.39, 0.29) is 11.8 Å². The molecule has 1 aromatic heterocycles. The Labute approximate surface area is 176 Å². The van der Waals surface area contributed by atoms with Crippen LogP contribution in [0, 0.1) is 13.8 Å². The monoisotopic (exact) mass is 415 g/mol. The lowest BCUT2D eigenvalue weighted by Gasteiger charge is -2.12. The van der Waals surface area contributed by atoms with Crippen molar-refractivity contribution in [1.82, 2.24) is 15.8 Å². The molecule has 162 valence electrons. The molecule has 1 aromatic carbocycles. The lowest BCUT2D eigenvalue weighted by Crippen LogP contribution is -2.44. The number of methoxy groups -OCH3 is 1. The molecule has 0 aliphatic rings. The zero-order valence-electron chi connectivity index (χ0n) is 18.1. The molecule has 0 aliphatic heterocycles. The third kappa shape index (κ3) is 6.37. The lowest BCUT2D eigenvalue weighted by atomic mass is 10.1. The summed E-state index contributed by atoms with van der Waals surface area (Å²) in [5.74, 6) is 1.26. The molecular weight excluding hydrogens is 386 g/mol. The number of aryl methyl sites for hydroxylation is 2. The molecule has 0 saturated heterocycles. The van der Waals surface area contributed by atoms with Gasteiger partial charge in [0.2, 0.25) is 11.8 Å². The van der Waals surface area contributed by atoms with Gasteiger partial charge in [0.15, 0.2) is 11.5 Å². The van der Waals surface area contributed by atoms with Crippen molar-refractivity contribution >= 4 is 17.9 Å². The third-order valence-electron chi connectivity index (χ3n) is 4.47. The van der Waals surface area contributed by atoms with E-state index in [0.717, 1.165) is 29.0 Å². The molecule has 8 nitrogen and oxygen atoms in total. The Morgan fingerprint density at radius 1 is 1.27 bits per heavy atom. The summed E-state index contributed by atoms with van der Waals surface area (Å²) < 4.78 is 16.4. The summed E-state index contributed by atoms with van der Waals surface area (Å²) in [4.78, 5) is 23.9. The van der Waals surface area contributed by atoms with E-state index in [2.05, 4.69) is 15.8 Å². The SMILES string of the molecule is CCCNC(=O)C(C)NC(=O)/C=C/c1ccc(OCc2c(C)noc2C)c(OC)c1. The normalized spacial score (nSPS) is 11.9. The maximum atomic E-state index is 12.1. The highest BCUT2D eigenvalue weighted by Gasteiger charge is 2.14. The smallest absolute Gasteiger partial charge is 0.244 e. The molecule has 0 spiro atoms. The van der Waals surface area contributed by atoms with Crippen LogP contribution in [0.4, 0.5) is 0 Å². The minimum Gasteiger partial charge on any atom is -0.493 e. The van der Waals surface area contributed by atoms with Crippen LogP contribution in [0.5, 0.6) is 11.5 Å². The average Bonchev–Trinajstić information content (AvgIpc) is 3.06. The van der Waals surface area contributed by atoms with Gasteiger partial charge >= 0.3 is 0 Å². The molecule has 0 saturated carbocycles. The van der Waals surface area contributed by atoms with Crippen LogP contribution in [0.1, 0.15) is 42.8 Å². The highest BCUT2D eigenvalue weighted by Crippen LogP contribution is 2.30. The first kappa shape index (κ1) is 23.0. The van der Waals surface area contributed by atoms with Crippen LogP contribution in [0.25, 0.3) is 6.08 Å². The first-order valence-corrected chi connectivity index (χ1v) is 9.84. The topological polar surface area (TPSA) is 103 Å². The molecule has 2 aromatic rings. The van der Waals surface area contributed by atoms with Crippen LogP contribution in [-0.2, 0) is 16.2 Å². The lowest BCUT2D eigenvalue weighted by molar-refractivity contribution is -0.126. The van der Waals surface area contributed by atoms with Gasteiger partial charge in [0, 0.05) is 12.6 Å². The molecule has 30 heavy (non-hydrogen) atoms. The molecule has 1 heterocycles. The second-order valence-electron chi connectivity index (χ2n) is 6.86.